The first-order chi connectivity index (χ1) is 13.3. The summed E-state index contributed by atoms with van der Waals surface area (Å²) >= 11 is 0. The maximum atomic E-state index is 14.3. The Kier molecular flexibility index (Phi) is 6.00. The zero-order valence-corrected chi connectivity index (χ0v) is 16.7. The number of anilines is 1. The third kappa shape index (κ3) is 4.18. The first-order valence-corrected chi connectivity index (χ1v) is 10.5. The number of rotatable bonds is 6. The SMILES string of the molecule is CN(C)S(=O)(=O)N(CC(=O)N[C@@H]1CCCc2ccccc21)c1ccccc1F. The Bertz CT molecular complexity index is 963. The van der Waals surface area contributed by atoms with Crippen LogP contribution in [-0.4, -0.2) is 39.3 Å². The number of carbonyl (C=O) groups excluding carboxylic acids is 1. The molecule has 0 spiro atoms. The van der Waals surface area contributed by atoms with Crippen molar-refractivity contribution in [2.24, 2.45) is 0 Å². The van der Waals surface area contributed by atoms with Crippen molar-refractivity contribution in [3.63, 3.8) is 0 Å². The van der Waals surface area contributed by atoms with Crippen molar-refractivity contribution in [2.75, 3.05) is 24.9 Å². The molecule has 0 bridgehead atoms. The third-order valence-corrected chi connectivity index (χ3v) is 6.66. The second kappa shape index (κ2) is 8.28. The van der Waals surface area contributed by atoms with E-state index < -0.39 is 28.5 Å². The summed E-state index contributed by atoms with van der Waals surface area (Å²) in [5, 5.41) is 2.92. The minimum atomic E-state index is -4.05. The van der Waals surface area contributed by atoms with Crippen LogP contribution in [0.15, 0.2) is 48.5 Å². The zero-order valence-electron chi connectivity index (χ0n) is 15.9. The van der Waals surface area contributed by atoms with Gasteiger partial charge in [-0.3, -0.25) is 4.79 Å². The second-order valence-electron chi connectivity index (χ2n) is 6.96. The molecule has 0 aliphatic heterocycles. The number of para-hydroxylation sites is 1. The summed E-state index contributed by atoms with van der Waals surface area (Å²) in [5.41, 5.74) is 2.08. The van der Waals surface area contributed by atoms with E-state index in [1.54, 1.807) is 0 Å². The summed E-state index contributed by atoms with van der Waals surface area (Å²) < 4.78 is 41.5. The van der Waals surface area contributed by atoms with Gasteiger partial charge < -0.3 is 5.32 Å². The summed E-state index contributed by atoms with van der Waals surface area (Å²) in [5.74, 6) is -1.18. The van der Waals surface area contributed by atoms with Gasteiger partial charge in [0.05, 0.1) is 11.7 Å². The van der Waals surface area contributed by atoms with Crippen molar-refractivity contribution >= 4 is 21.8 Å². The van der Waals surface area contributed by atoms with E-state index in [0.717, 1.165) is 33.4 Å². The van der Waals surface area contributed by atoms with Crippen LogP contribution in [0.1, 0.15) is 30.0 Å². The number of fused-ring (bicyclic) bond motifs is 1. The van der Waals surface area contributed by atoms with E-state index in [4.69, 9.17) is 0 Å². The molecule has 6 nitrogen and oxygen atoms in total. The maximum Gasteiger partial charge on any atom is 0.304 e. The number of benzene rings is 2. The summed E-state index contributed by atoms with van der Waals surface area (Å²) in [6, 6.07) is 13.2. The molecular formula is C20H24FN3O3S. The van der Waals surface area contributed by atoms with Crippen molar-refractivity contribution in [1.82, 2.24) is 9.62 Å². The molecule has 8 heteroatoms. The highest BCUT2D eigenvalue weighted by Gasteiger charge is 2.30. The van der Waals surface area contributed by atoms with E-state index in [0.29, 0.717) is 0 Å². The van der Waals surface area contributed by atoms with Gasteiger partial charge in [-0.05, 0) is 42.5 Å². The predicted molar refractivity (Wildman–Crippen MR) is 107 cm³/mol. The van der Waals surface area contributed by atoms with E-state index in [1.165, 1.54) is 43.9 Å². The number of nitrogens with zero attached hydrogens (tertiary/aromatic N) is 2. The lowest BCUT2D eigenvalue weighted by molar-refractivity contribution is -0.120. The Balaban J connectivity index is 1.84. The average molecular weight is 405 g/mol. The van der Waals surface area contributed by atoms with Gasteiger partial charge in [-0.25, -0.2) is 8.70 Å². The lowest BCUT2D eigenvalue weighted by Crippen LogP contribution is -2.47. The molecule has 1 aliphatic carbocycles. The molecule has 1 amide bonds. The molecule has 1 N–H and O–H groups in total. The van der Waals surface area contributed by atoms with Crippen LogP contribution in [0.2, 0.25) is 0 Å². The van der Waals surface area contributed by atoms with Crippen molar-refractivity contribution in [2.45, 2.75) is 25.3 Å². The molecule has 0 fully saturated rings. The molecule has 0 aromatic heterocycles. The van der Waals surface area contributed by atoms with Crippen LogP contribution < -0.4 is 9.62 Å². The van der Waals surface area contributed by atoms with Crippen LogP contribution >= 0.6 is 0 Å². The highest BCUT2D eigenvalue weighted by atomic mass is 32.2. The lowest BCUT2D eigenvalue weighted by Gasteiger charge is -2.30. The van der Waals surface area contributed by atoms with E-state index in [-0.39, 0.29) is 11.7 Å². The van der Waals surface area contributed by atoms with Crippen LogP contribution in [0.5, 0.6) is 0 Å². The van der Waals surface area contributed by atoms with Gasteiger partial charge >= 0.3 is 10.2 Å². The molecule has 28 heavy (non-hydrogen) atoms. The fourth-order valence-electron chi connectivity index (χ4n) is 3.42. The Morgan fingerprint density at radius 2 is 1.82 bits per heavy atom. The van der Waals surface area contributed by atoms with E-state index >= 15 is 0 Å². The van der Waals surface area contributed by atoms with E-state index in [9.17, 15) is 17.6 Å². The topological polar surface area (TPSA) is 69.7 Å². The van der Waals surface area contributed by atoms with Gasteiger partial charge in [0.2, 0.25) is 5.91 Å². The number of amides is 1. The van der Waals surface area contributed by atoms with Crippen LogP contribution in [0.25, 0.3) is 0 Å². The molecule has 0 saturated heterocycles. The Hall–Kier alpha value is -2.45. The van der Waals surface area contributed by atoms with Crippen LogP contribution in [0.4, 0.5) is 10.1 Å². The smallest absolute Gasteiger partial charge is 0.304 e. The van der Waals surface area contributed by atoms with Gasteiger partial charge in [-0.1, -0.05) is 36.4 Å². The molecule has 2 aromatic carbocycles. The first-order valence-electron chi connectivity index (χ1n) is 9.12. The summed E-state index contributed by atoms with van der Waals surface area (Å²) in [7, 11) is -1.35. The van der Waals surface area contributed by atoms with E-state index in [1.807, 2.05) is 24.3 Å². The van der Waals surface area contributed by atoms with Gasteiger partial charge in [-0.15, -0.1) is 0 Å². The van der Waals surface area contributed by atoms with Crippen LogP contribution in [0.3, 0.4) is 0 Å². The standard InChI is InChI=1S/C20H24FN3O3S/c1-23(2)28(26,27)24(19-13-6-5-11-17(19)21)14-20(25)22-18-12-7-9-15-8-3-4-10-16(15)18/h3-6,8,10-11,13,18H,7,9,12,14H2,1-2H3,(H,22,25)/t18-/m1/s1. The third-order valence-electron chi connectivity index (χ3n) is 4.85. The molecule has 2 aromatic rings. The van der Waals surface area contributed by atoms with Crippen LogP contribution in [0, 0.1) is 5.82 Å². The summed E-state index contributed by atoms with van der Waals surface area (Å²) in [6.45, 7) is -0.500. The molecular weight excluding hydrogens is 381 g/mol. The normalized spacial score (nSPS) is 16.5. The molecule has 0 saturated carbocycles. The number of hydrogen-bond acceptors (Lipinski definition) is 3. The quantitative estimate of drug-likeness (QED) is 0.803. The Morgan fingerprint density at radius 1 is 1.14 bits per heavy atom. The van der Waals surface area contributed by atoms with Crippen LogP contribution in [-0.2, 0) is 21.4 Å². The van der Waals surface area contributed by atoms with Crippen molar-refractivity contribution in [1.29, 1.82) is 0 Å². The average Bonchev–Trinajstić information content (AvgIpc) is 2.67. The number of hydrogen-bond donors (Lipinski definition) is 1. The molecule has 150 valence electrons. The summed E-state index contributed by atoms with van der Waals surface area (Å²) in [6.07, 6.45) is 2.68. The predicted octanol–water partition coefficient (Wildman–Crippen LogP) is 2.63. The molecule has 1 atom stereocenters. The molecule has 3 rings (SSSR count). The van der Waals surface area contributed by atoms with Gasteiger partial charge in [0.1, 0.15) is 12.4 Å². The van der Waals surface area contributed by atoms with Gasteiger partial charge in [0.15, 0.2) is 0 Å². The summed E-state index contributed by atoms with van der Waals surface area (Å²) in [4.78, 5) is 12.7. The fraction of sp³-hybridized carbons (Fsp3) is 0.350. The number of halogens is 1. The molecule has 0 unspecified atom stereocenters. The molecule has 1 aliphatic rings. The fourth-order valence-corrected chi connectivity index (χ4v) is 4.49. The van der Waals surface area contributed by atoms with E-state index in [2.05, 4.69) is 5.32 Å². The second-order valence-corrected chi connectivity index (χ2v) is 9.03. The maximum absolute atomic E-state index is 14.3. The Morgan fingerprint density at radius 3 is 2.54 bits per heavy atom. The van der Waals surface area contributed by atoms with Crippen molar-refractivity contribution < 1.29 is 17.6 Å². The molecule has 0 radical (unpaired) electrons. The highest BCUT2D eigenvalue weighted by molar-refractivity contribution is 7.90. The number of carbonyl (C=O) groups is 1. The van der Waals surface area contributed by atoms with Crippen molar-refractivity contribution in [3.05, 3.63) is 65.5 Å². The number of nitrogens with one attached hydrogen (secondary N) is 1. The Labute approximate surface area is 165 Å². The largest absolute Gasteiger partial charge is 0.348 e. The minimum absolute atomic E-state index is 0.157. The zero-order chi connectivity index (χ0) is 20.3. The minimum Gasteiger partial charge on any atom is -0.348 e. The van der Waals surface area contributed by atoms with Gasteiger partial charge in [0.25, 0.3) is 0 Å². The molecule has 0 heterocycles. The monoisotopic (exact) mass is 405 g/mol. The van der Waals surface area contributed by atoms with Crippen molar-refractivity contribution in [3.8, 4) is 0 Å². The van der Waals surface area contributed by atoms with Gasteiger partial charge in [-0.2, -0.15) is 12.7 Å². The number of aryl methyl sites for hydroxylation is 1. The highest BCUT2D eigenvalue weighted by Crippen LogP contribution is 2.29. The lowest BCUT2D eigenvalue weighted by atomic mass is 9.88. The van der Waals surface area contributed by atoms with Gasteiger partial charge in [0, 0.05) is 14.1 Å². The first kappa shape index (κ1) is 20.3.